The van der Waals surface area contributed by atoms with Crippen LogP contribution in [0.15, 0.2) is 18.5 Å². The molecule has 4 heteroatoms. The van der Waals surface area contributed by atoms with Gasteiger partial charge in [0.15, 0.2) is 0 Å². The molecule has 4 nitrogen and oxygen atoms in total. The number of nitrogens with one attached hydrogen (secondary N) is 1. The quantitative estimate of drug-likeness (QED) is 0.843. The number of carbonyl (C=O) groups is 1. The first-order valence-electron chi connectivity index (χ1n) is 6.54. The maximum absolute atomic E-state index is 11.8. The highest BCUT2D eigenvalue weighted by atomic mass is 16.2. The number of hydrogen-bond donors (Lipinski definition) is 2. The fourth-order valence-electron chi connectivity index (χ4n) is 1.88. The Morgan fingerprint density at radius 2 is 2.17 bits per heavy atom. The zero-order valence-electron chi connectivity index (χ0n) is 11.9. The van der Waals surface area contributed by atoms with E-state index in [1.807, 2.05) is 43.8 Å². The van der Waals surface area contributed by atoms with Gasteiger partial charge in [-0.25, -0.2) is 0 Å². The van der Waals surface area contributed by atoms with E-state index in [4.69, 9.17) is 5.73 Å². The number of aromatic nitrogens is 1. The molecule has 0 spiro atoms. The third-order valence-electron chi connectivity index (χ3n) is 2.64. The smallest absolute Gasteiger partial charge is 0.240 e. The molecule has 1 aromatic rings. The van der Waals surface area contributed by atoms with Gasteiger partial charge in [-0.15, -0.1) is 0 Å². The fraction of sp³-hybridized carbons (Fsp3) is 0.643. The van der Waals surface area contributed by atoms with E-state index in [2.05, 4.69) is 12.2 Å². The Hall–Kier alpha value is -1.29. The van der Waals surface area contributed by atoms with Crippen molar-refractivity contribution in [1.29, 1.82) is 0 Å². The van der Waals surface area contributed by atoms with Crippen LogP contribution in [0.4, 0.5) is 0 Å². The Morgan fingerprint density at radius 3 is 2.72 bits per heavy atom. The van der Waals surface area contributed by atoms with E-state index in [0.29, 0.717) is 6.54 Å². The summed E-state index contributed by atoms with van der Waals surface area (Å²) in [5.74, 6) is 0.0220. The zero-order valence-corrected chi connectivity index (χ0v) is 11.9. The maximum Gasteiger partial charge on any atom is 0.240 e. The lowest BCUT2D eigenvalue weighted by atomic mass is 10.1. The van der Waals surface area contributed by atoms with Gasteiger partial charge < -0.3 is 15.6 Å². The lowest BCUT2D eigenvalue weighted by Crippen LogP contribution is -2.42. The van der Waals surface area contributed by atoms with Crippen molar-refractivity contribution in [3.8, 4) is 0 Å². The molecule has 0 aromatic carbocycles. The summed E-state index contributed by atoms with van der Waals surface area (Å²) < 4.78 is 1.88. The second-order valence-corrected chi connectivity index (χ2v) is 5.81. The van der Waals surface area contributed by atoms with Crippen LogP contribution in [0, 0.1) is 0 Å². The third kappa shape index (κ3) is 4.92. The van der Waals surface area contributed by atoms with Crippen LogP contribution >= 0.6 is 0 Å². The molecular formula is C14H25N3O. The Kier molecular flexibility index (Phi) is 4.96. The van der Waals surface area contributed by atoms with Crippen LogP contribution in [0.1, 0.15) is 52.1 Å². The Balaban J connectivity index is 2.56. The van der Waals surface area contributed by atoms with Crippen molar-refractivity contribution in [3.63, 3.8) is 0 Å². The topological polar surface area (TPSA) is 60.0 Å². The van der Waals surface area contributed by atoms with Gasteiger partial charge in [-0.05, 0) is 38.8 Å². The molecule has 1 unspecified atom stereocenters. The van der Waals surface area contributed by atoms with E-state index < -0.39 is 0 Å². The average molecular weight is 251 g/mol. The van der Waals surface area contributed by atoms with E-state index in [1.54, 1.807) is 0 Å². The first-order valence-corrected chi connectivity index (χ1v) is 6.54. The van der Waals surface area contributed by atoms with Crippen LogP contribution < -0.4 is 11.1 Å². The van der Waals surface area contributed by atoms with Crippen molar-refractivity contribution in [1.82, 2.24) is 9.88 Å². The summed E-state index contributed by atoms with van der Waals surface area (Å²) in [5, 5.41) is 2.94. The number of carbonyl (C=O) groups excluding carboxylic acids is 1. The molecule has 0 saturated carbocycles. The van der Waals surface area contributed by atoms with Crippen LogP contribution in [0.5, 0.6) is 0 Å². The maximum atomic E-state index is 11.8. The van der Waals surface area contributed by atoms with Gasteiger partial charge in [-0.2, -0.15) is 0 Å². The van der Waals surface area contributed by atoms with Crippen molar-refractivity contribution in [2.45, 2.75) is 58.7 Å². The van der Waals surface area contributed by atoms with Gasteiger partial charge in [0, 0.05) is 24.0 Å². The van der Waals surface area contributed by atoms with Gasteiger partial charge in [-0.1, -0.05) is 13.3 Å². The van der Waals surface area contributed by atoms with Gasteiger partial charge in [0.1, 0.15) is 6.54 Å². The summed E-state index contributed by atoms with van der Waals surface area (Å²) in [6.45, 7) is 8.39. The highest BCUT2D eigenvalue weighted by Crippen LogP contribution is 2.15. The predicted octanol–water partition coefficient (Wildman–Crippen LogP) is 2.20. The second kappa shape index (κ2) is 6.05. The molecule has 1 heterocycles. The van der Waals surface area contributed by atoms with Crippen LogP contribution in [-0.4, -0.2) is 16.0 Å². The minimum atomic E-state index is -0.189. The van der Waals surface area contributed by atoms with Gasteiger partial charge >= 0.3 is 0 Å². The Bertz CT molecular complexity index is 390. The first kappa shape index (κ1) is 14.8. The van der Waals surface area contributed by atoms with Crippen molar-refractivity contribution >= 4 is 5.91 Å². The van der Waals surface area contributed by atoms with Crippen LogP contribution in [0.25, 0.3) is 0 Å². The van der Waals surface area contributed by atoms with E-state index >= 15 is 0 Å². The lowest BCUT2D eigenvalue weighted by Gasteiger charge is -2.20. The molecule has 0 radical (unpaired) electrons. The summed E-state index contributed by atoms with van der Waals surface area (Å²) in [5.41, 5.74) is 6.95. The van der Waals surface area contributed by atoms with Crippen molar-refractivity contribution < 1.29 is 4.79 Å². The molecule has 18 heavy (non-hydrogen) atoms. The normalized spacial score (nSPS) is 13.4. The highest BCUT2D eigenvalue weighted by molar-refractivity contribution is 5.76. The Morgan fingerprint density at radius 1 is 1.50 bits per heavy atom. The van der Waals surface area contributed by atoms with Crippen LogP contribution in [0.3, 0.4) is 0 Å². The molecular weight excluding hydrogens is 226 g/mol. The standard InChI is InChI=1S/C14H25N3O/c1-5-6-12(15)11-7-8-17(9-11)10-13(18)16-14(2,3)4/h7-9,12H,5-6,10,15H2,1-4H3,(H,16,18). The minimum absolute atomic E-state index is 0.0220. The predicted molar refractivity (Wildman–Crippen MR) is 74.2 cm³/mol. The summed E-state index contributed by atoms with van der Waals surface area (Å²) in [7, 11) is 0. The molecule has 3 N–H and O–H groups in total. The number of nitrogens with two attached hydrogens (primary N) is 1. The zero-order chi connectivity index (χ0) is 13.8. The van der Waals surface area contributed by atoms with Gasteiger partial charge in [0.05, 0.1) is 0 Å². The second-order valence-electron chi connectivity index (χ2n) is 5.81. The van der Waals surface area contributed by atoms with Crippen molar-refractivity contribution in [2.75, 3.05) is 0 Å². The molecule has 0 aliphatic carbocycles. The fourth-order valence-corrected chi connectivity index (χ4v) is 1.88. The Labute approximate surface area is 110 Å². The van der Waals surface area contributed by atoms with Gasteiger partial charge in [-0.3, -0.25) is 4.79 Å². The summed E-state index contributed by atoms with van der Waals surface area (Å²) in [6, 6.07) is 2.06. The third-order valence-corrected chi connectivity index (χ3v) is 2.64. The molecule has 0 aliphatic heterocycles. The van der Waals surface area contributed by atoms with Gasteiger partial charge in [0.25, 0.3) is 0 Å². The largest absolute Gasteiger partial charge is 0.350 e. The SMILES string of the molecule is CCCC(N)c1ccn(CC(=O)NC(C)(C)C)c1. The van der Waals surface area contributed by atoms with Crippen LogP contribution in [0.2, 0.25) is 0 Å². The molecule has 1 aromatic heterocycles. The van der Waals surface area contributed by atoms with E-state index in [9.17, 15) is 4.79 Å². The number of amides is 1. The van der Waals surface area contributed by atoms with E-state index in [0.717, 1.165) is 18.4 Å². The summed E-state index contributed by atoms with van der Waals surface area (Å²) in [4.78, 5) is 11.8. The number of hydrogen-bond acceptors (Lipinski definition) is 2. The molecule has 0 fully saturated rings. The molecule has 0 saturated heterocycles. The lowest BCUT2D eigenvalue weighted by molar-refractivity contribution is -0.123. The minimum Gasteiger partial charge on any atom is -0.350 e. The number of rotatable bonds is 5. The van der Waals surface area contributed by atoms with Crippen molar-refractivity contribution in [3.05, 3.63) is 24.0 Å². The molecule has 1 atom stereocenters. The average Bonchev–Trinajstić information content (AvgIpc) is 2.63. The monoisotopic (exact) mass is 251 g/mol. The summed E-state index contributed by atoms with van der Waals surface area (Å²) >= 11 is 0. The van der Waals surface area contributed by atoms with Crippen LogP contribution in [-0.2, 0) is 11.3 Å². The van der Waals surface area contributed by atoms with Crippen molar-refractivity contribution in [2.24, 2.45) is 5.73 Å². The molecule has 1 amide bonds. The van der Waals surface area contributed by atoms with Gasteiger partial charge in [0.2, 0.25) is 5.91 Å². The molecule has 1 rings (SSSR count). The number of nitrogens with zero attached hydrogens (tertiary/aromatic N) is 1. The first-order chi connectivity index (χ1) is 8.31. The molecule has 0 aliphatic rings. The highest BCUT2D eigenvalue weighted by Gasteiger charge is 2.14. The summed E-state index contributed by atoms with van der Waals surface area (Å²) in [6.07, 6.45) is 5.91. The molecule has 0 bridgehead atoms. The molecule has 102 valence electrons. The van der Waals surface area contributed by atoms with E-state index in [1.165, 1.54) is 0 Å². The van der Waals surface area contributed by atoms with E-state index in [-0.39, 0.29) is 17.5 Å².